The standard InChI is InChI=1S/C22H24ClN3O2/c1-15(2)22(27)24-21-11-16(3)26(25-21)13-18-12-19(23)9-10-20(18)28-14-17-7-5-4-6-8-17/h4-12,15H,13-14H2,1-3H3,(H,24,25,27). The molecule has 1 amide bonds. The summed E-state index contributed by atoms with van der Waals surface area (Å²) in [7, 11) is 0. The van der Waals surface area contributed by atoms with E-state index in [2.05, 4.69) is 10.4 Å². The number of nitrogens with zero attached hydrogens (tertiary/aromatic N) is 2. The molecule has 0 spiro atoms. The second kappa shape index (κ2) is 8.93. The second-order valence-electron chi connectivity index (χ2n) is 7.00. The molecule has 0 saturated heterocycles. The van der Waals surface area contributed by atoms with E-state index in [-0.39, 0.29) is 11.8 Å². The van der Waals surface area contributed by atoms with Crippen molar-refractivity contribution in [2.75, 3.05) is 5.32 Å². The van der Waals surface area contributed by atoms with Gasteiger partial charge in [0.25, 0.3) is 0 Å². The van der Waals surface area contributed by atoms with Crippen molar-refractivity contribution in [3.05, 3.63) is 76.4 Å². The van der Waals surface area contributed by atoms with Crippen molar-refractivity contribution in [3.63, 3.8) is 0 Å². The van der Waals surface area contributed by atoms with Crippen LogP contribution in [-0.4, -0.2) is 15.7 Å². The molecule has 5 nitrogen and oxygen atoms in total. The number of aromatic nitrogens is 2. The van der Waals surface area contributed by atoms with Gasteiger partial charge in [-0.3, -0.25) is 9.48 Å². The van der Waals surface area contributed by atoms with Crippen LogP contribution >= 0.6 is 11.6 Å². The summed E-state index contributed by atoms with van der Waals surface area (Å²) in [5.74, 6) is 1.15. The quantitative estimate of drug-likeness (QED) is 0.605. The van der Waals surface area contributed by atoms with Gasteiger partial charge in [0.15, 0.2) is 5.82 Å². The van der Waals surface area contributed by atoms with Crippen LogP contribution in [0.15, 0.2) is 54.6 Å². The van der Waals surface area contributed by atoms with Gasteiger partial charge in [0.05, 0.1) is 6.54 Å². The van der Waals surface area contributed by atoms with Crippen LogP contribution in [0.25, 0.3) is 0 Å². The van der Waals surface area contributed by atoms with Crippen molar-refractivity contribution < 1.29 is 9.53 Å². The van der Waals surface area contributed by atoms with Crippen molar-refractivity contribution >= 4 is 23.3 Å². The largest absolute Gasteiger partial charge is 0.489 e. The number of anilines is 1. The summed E-state index contributed by atoms with van der Waals surface area (Å²) >= 11 is 6.21. The van der Waals surface area contributed by atoms with E-state index < -0.39 is 0 Å². The first-order valence-corrected chi connectivity index (χ1v) is 9.60. The van der Waals surface area contributed by atoms with Crippen LogP contribution in [0.3, 0.4) is 0 Å². The first-order chi connectivity index (χ1) is 13.4. The third kappa shape index (κ3) is 5.14. The maximum atomic E-state index is 11.9. The Labute approximate surface area is 170 Å². The Balaban J connectivity index is 1.77. The minimum Gasteiger partial charge on any atom is -0.489 e. The maximum Gasteiger partial charge on any atom is 0.228 e. The molecule has 0 aliphatic carbocycles. The highest BCUT2D eigenvalue weighted by atomic mass is 35.5. The molecule has 0 radical (unpaired) electrons. The lowest BCUT2D eigenvalue weighted by molar-refractivity contribution is -0.118. The molecule has 1 N–H and O–H groups in total. The smallest absolute Gasteiger partial charge is 0.228 e. The highest BCUT2D eigenvalue weighted by Crippen LogP contribution is 2.25. The van der Waals surface area contributed by atoms with Gasteiger partial charge in [-0.25, -0.2) is 0 Å². The second-order valence-corrected chi connectivity index (χ2v) is 7.44. The lowest BCUT2D eigenvalue weighted by Gasteiger charge is -2.13. The first kappa shape index (κ1) is 20.0. The molecule has 0 unspecified atom stereocenters. The summed E-state index contributed by atoms with van der Waals surface area (Å²) < 4.78 is 7.85. The maximum absolute atomic E-state index is 11.9. The molecular formula is C22H24ClN3O2. The van der Waals surface area contributed by atoms with Gasteiger partial charge in [0.2, 0.25) is 5.91 Å². The molecular weight excluding hydrogens is 374 g/mol. The number of benzene rings is 2. The highest BCUT2D eigenvalue weighted by Gasteiger charge is 2.13. The highest BCUT2D eigenvalue weighted by molar-refractivity contribution is 6.30. The van der Waals surface area contributed by atoms with Crippen molar-refractivity contribution in [3.8, 4) is 5.75 Å². The average Bonchev–Trinajstić information content (AvgIpc) is 3.00. The average molecular weight is 398 g/mol. The zero-order chi connectivity index (χ0) is 20.1. The van der Waals surface area contributed by atoms with Crippen molar-refractivity contribution in [2.45, 2.75) is 33.9 Å². The van der Waals surface area contributed by atoms with E-state index in [0.717, 1.165) is 22.6 Å². The number of halogens is 1. The number of carbonyl (C=O) groups excluding carboxylic acids is 1. The summed E-state index contributed by atoms with van der Waals surface area (Å²) in [5, 5.41) is 7.97. The molecule has 0 saturated carbocycles. The number of ether oxygens (including phenoxy) is 1. The number of aryl methyl sites for hydroxylation is 1. The number of carbonyl (C=O) groups is 1. The van der Waals surface area contributed by atoms with Crippen LogP contribution in [0.2, 0.25) is 5.02 Å². The molecule has 28 heavy (non-hydrogen) atoms. The van der Waals surface area contributed by atoms with Crippen LogP contribution in [0.5, 0.6) is 5.75 Å². The summed E-state index contributed by atoms with van der Waals surface area (Å²) in [6, 6.07) is 17.4. The molecule has 0 aliphatic rings. The Bertz CT molecular complexity index is 952. The molecule has 0 aliphatic heterocycles. The fraction of sp³-hybridized carbons (Fsp3) is 0.273. The van der Waals surface area contributed by atoms with Gasteiger partial charge in [0, 0.05) is 28.3 Å². The van der Waals surface area contributed by atoms with E-state index in [4.69, 9.17) is 16.3 Å². The van der Waals surface area contributed by atoms with Crippen LogP contribution in [0.4, 0.5) is 5.82 Å². The Hall–Kier alpha value is -2.79. The Morgan fingerprint density at radius 3 is 2.64 bits per heavy atom. The number of amides is 1. The minimum absolute atomic E-state index is 0.0562. The van der Waals surface area contributed by atoms with E-state index in [1.165, 1.54) is 0 Å². The topological polar surface area (TPSA) is 56.2 Å². The predicted octanol–water partition coefficient (Wildman–Crippen LogP) is 5.07. The molecule has 0 bridgehead atoms. The Kier molecular flexibility index (Phi) is 6.37. The van der Waals surface area contributed by atoms with Crippen molar-refractivity contribution in [2.24, 2.45) is 5.92 Å². The lowest BCUT2D eigenvalue weighted by Crippen LogP contribution is -2.18. The van der Waals surface area contributed by atoms with Gasteiger partial charge in [-0.1, -0.05) is 55.8 Å². The van der Waals surface area contributed by atoms with Gasteiger partial charge < -0.3 is 10.1 Å². The summed E-state index contributed by atoms with van der Waals surface area (Å²) in [6.45, 7) is 6.62. The Morgan fingerprint density at radius 1 is 1.18 bits per heavy atom. The molecule has 1 aromatic heterocycles. The number of rotatable bonds is 7. The number of hydrogen-bond acceptors (Lipinski definition) is 3. The van der Waals surface area contributed by atoms with Crippen molar-refractivity contribution in [1.82, 2.24) is 9.78 Å². The van der Waals surface area contributed by atoms with E-state index in [9.17, 15) is 4.79 Å². The monoisotopic (exact) mass is 397 g/mol. The third-order valence-corrected chi connectivity index (χ3v) is 4.57. The van der Waals surface area contributed by atoms with Gasteiger partial charge in [-0.05, 0) is 30.7 Å². The van der Waals surface area contributed by atoms with E-state index >= 15 is 0 Å². The molecule has 0 atom stereocenters. The lowest BCUT2D eigenvalue weighted by atomic mass is 10.2. The summed E-state index contributed by atoms with van der Waals surface area (Å²) in [5.41, 5.74) is 2.96. The molecule has 146 valence electrons. The van der Waals surface area contributed by atoms with E-state index in [1.54, 1.807) is 0 Å². The van der Waals surface area contributed by atoms with Crippen LogP contribution in [0.1, 0.15) is 30.7 Å². The molecule has 6 heteroatoms. The van der Waals surface area contributed by atoms with Crippen molar-refractivity contribution in [1.29, 1.82) is 0 Å². The minimum atomic E-state index is -0.101. The predicted molar refractivity (Wildman–Crippen MR) is 112 cm³/mol. The van der Waals surface area contributed by atoms with E-state index in [1.807, 2.05) is 80.1 Å². The number of hydrogen-bond donors (Lipinski definition) is 1. The zero-order valence-electron chi connectivity index (χ0n) is 16.3. The van der Waals surface area contributed by atoms with Crippen LogP contribution in [0, 0.1) is 12.8 Å². The third-order valence-electron chi connectivity index (χ3n) is 4.34. The van der Waals surface area contributed by atoms with Gasteiger partial charge in [-0.2, -0.15) is 5.10 Å². The number of nitrogens with one attached hydrogen (secondary N) is 1. The first-order valence-electron chi connectivity index (χ1n) is 9.23. The fourth-order valence-electron chi connectivity index (χ4n) is 2.71. The summed E-state index contributed by atoms with van der Waals surface area (Å²) in [4.78, 5) is 11.9. The summed E-state index contributed by atoms with van der Waals surface area (Å²) in [6.07, 6.45) is 0. The molecule has 3 aromatic rings. The van der Waals surface area contributed by atoms with Gasteiger partial charge in [-0.15, -0.1) is 0 Å². The zero-order valence-corrected chi connectivity index (χ0v) is 17.0. The molecule has 0 fully saturated rings. The molecule has 1 heterocycles. The SMILES string of the molecule is Cc1cc(NC(=O)C(C)C)nn1Cc1cc(Cl)ccc1OCc1ccccc1. The Morgan fingerprint density at radius 2 is 1.93 bits per heavy atom. The molecule has 3 rings (SSSR count). The van der Waals surface area contributed by atoms with Gasteiger partial charge >= 0.3 is 0 Å². The van der Waals surface area contributed by atoms with E-state index in [0.29, 0.717) is 24.0 Å². The fourth-order valence-corrected chi connectivity index (χ4v) is 2.91. The molecule has 2 aromatic carbocycles. The van der Waals surface area contributed by atoms with Crippen LogP contribution in [-0.2, 0) is 17.9 Å². The van der Waals surface area contributed by atoms with Crippen LogP contribution < -0.4 is 10.1 Å². The van der Waals surface area contributed by atoms with Gasteiger partial charge in [0.1, 0.15) is 12.4 Å². The normalized spacial score (nSPS) is 10.9.